The molecule has 1 heterocycles. The number of aromatic nitrogens is 2. The van der Waals surface area contributed by atoms with Crippen LogP contribution in [0.15, 0.2) is 42.6 Å². The van der Waals surface area contributed by atoms with Crippen molar-refractivity contribution in [1.29, 1.82) is 5.26 Å². The van der Waals surface area contributed by atoms with Crippen LogP contribution in [0.3, 0.4) is 0 Å². The average molecular weight is 341 g/mol. The molecule has 0 fully saturated rings. The van der Waals surface area contributed by atoms with Gasteiger partial charge in [0.2, 0.25) is 0 Å². The van der Waals surface area contributed by atoms with E-state index in [2.05, 4.69) is 42.2 Å². The number of rotatable bonds is 2. The molecule has 0 saturated carbocycles. The molecule has 4 heteroatoms. The Morgan fingerprint density at radius 1 is 1.15 bits per heavy atom. The highest BCUT2D eigenvalue weighted by atomic mass is 16.3. The molecule has 0 amide bonds. The molecule has 0 spiro atoms. The van der Waals surface area contributed by atoms with E-state index in [1.807, 2.05) is 18.5 Å². The van der Waals surface area contributed by atoms with E-state index in [1.54, 1.807) is 18.3 Å². The lowest BCUT2D eigenvalue weighted by atomic mass is 9.99. The molecule has 1 aliphatic carbocycles. The normalized spacial score (nSPS) is 13.0. The maximum absolute atomic E-state index is 10.2. The molecular weight excluding hydrogens is 322 g/mol. The van der Waals surface area contributed by atoms with Crippen LogP contribution >= 0.6 is 0 Å². The monoisotopic (exact) mass is 341 g/mol. The van der Waals surface area contributed by atoms with E-state index < -0.39 is 0 Å². The number of phenols is 1. The molecule has 4 nitrogen and oxygen atoms in total. The van der Waals surface area contributed by atoms with E-state index in [-0.39, 0.29) is 5.75 Å². The Morgan fingerprint density at radius 3 is 2.54 bits per heavy atom. The fourth-order valence-corrected chi connectivity index (χ4v) is 3.69. The Hall–Kier alpha value is -3.32. The number of fused-ring (bicyclic) bond motifs is 1. The first-order valence-electron chi connectivity index (χ1n) is 8.55. The van der Waals surface area contributed by atoms with Crippen molar-refractivity contribution >= 4 is 11.1 Å². The largest absolute Gasteiger partial charge is 0.508 e. The van der Waals surface area contributed by atoms with E-state index in [9.17, 15) is 10.4 Å². The van der Waals surface area contributed by atoms with E-state index in [1.165, 1.54) is 16.7 Å². The molecule has 26 heavy (non-hydrogen) atoms. The first kappa shape index (κ1) is 16.2. The van der Waals surface area contributed by atoms with Crippen LogP contribution in [0.1, 0.15) is 39.3 Å². The summed E-state index contributed by atoms with van der Waals surface area (Å²) in [5.41, 5.74) is 8.17. The first-order chi connectivity index (χ1) is 12.5. The topological polar surface area (TPSA) is 61.8 Å². The number of hydrogen-bond donors (Lipinski definition) is 1. The van der Waals surface area contributed by atoms with Crippen molar-refractivity contribution in [3.05, 3.63) is 81.9 Å². The van der Waals surface area contributed by atoms with Crippen molar-refractivity contribution in [3.63, 3.8) is 0 Å². The van der Waals surface area contributed by atoms with E-state index in [0.717, 1.165) is 34.5 Å². The standard InChI is InChI=1S/C22H19N3O/c1-13-4-6-15(7-5-13)19-10-18-14(2)8-17(26)9-20(18)21(19)22-24-16(11-23)12-25(22)3/h4-9,12,26H,10H2,1-3H3. The van der Waals surface area contributed by atoms with Gasteiger partial charge in [-0.25, -0.2) is 4.98 Å². The Morgan fingerprint density at radius 2 is 1.88 bits per heavy atom. The molecule has 2 aromatic carbocycles. The molecule has 0 saturated heterocycles. The molecule has 0 bridgehead atoms. The van der Waals surface area contributed by atoms with Crippen LogP contribution in [0.25, 0.3) is 11.1 Å². The molecule has 128 valence electrons. The Labute approximate surface area is 152 Å². The van der Waals surface area contributed by atoms with Gasteiger partial charge in [0.15, 0.2) is 5.69 Å². The number of nitrogens with zero attached hydrogens (tertiary/aromatic N) is 3. The number of nitriles is 1. The number of aryl methyl sites for hydroxylation is 3. The fourth-order valence-electron chi connectivity index (χ4n) is 3.69. The average Bonchev–Trinajstić information content (AvgIpc) is 3.16. The van der Waals surface area contributed by atoms with Gasteiger partial charge in [-0.1, -0.05) is 29.8 Å². The van der Waals surface area contributed by atoms with Crippen LogP contribution in [0, 0.1) is 25.2 Å². The summed E-state index contributed by atoms with van der Waals surface area (Å²) in [7, 11) is 1.90. The van der Waals surface area contributed by atoms with Gasteiger partial charge >= 0.3 is 0 Å². The van der Waals surface area contributed by atoms with Crippen molar-refractivity contribution in [2.45, 2.75) is 20.3 Å². The minimum atomic E-state index is 0.249. The van der Waals surface area contributed by atoms with Crippen LogP contribution in [0.2, 0.25) is 0 Å². The van der Waals surface area contributed by atoms with Gasteiger partial charge in [0, 0.05) is 18.8 Å². The van der Waals surface area contributed by atoms with Gasteiger partial charge in [-0.2, -0.15) is 5.26 Å². The first-order valence-corrected chi connectivity index (χ1v) is 8.55. The third-order valence-electron chi connectivity index (χ3n) is 5.00. The highest BCUT2D eigenvalue weighted by Crippen LogP contribution is 2.44. The maximum Gasteiger partial charge on any atom is 0.159 e. The van der Waals surface area contributed by atoms with Crippen molar-refractivity contribution in [1.82, 2.24) is 9.55 Å². The predicted octanol–water partition coefficient (Wildman–Crippen LogP) is 4.13. The zero-order valence-electron chi connectivity index (χ0n) is 15.0. The lowest BCUT2D eigenvalue weighted by Gasteiger charge is -2.10. The molecule has 1 aromatic heterocycles. The number of benzene rings is 2. The van der Waals surface area contributed by atoms with Crippen LogP contribution in [-0.2, 0) is 13.5 Å². The van der Waals surface area contributed by atoms with Crippen LogP contribution in [-0.4, -0.2) is 14.7 Å². The zero-order chi connectivity index (χ0) is 18.4. The Kier molecular flexibility index (Phi) is 3.66. The smallest absolute Gasteiger partial charge is 0.159 e. The predicted molar refractivity (Wildman–Crippen MR) is 102 cm³/mol. The third-order valence-corrected chi connectivity index (χ3v) is 5.00. The van der Waals surface area contributed by atoms with Gasteiger partial charge in [-0.05, 0) is 60.2 Å². The van der Waals surface area contributed by atoms with Crippen LogP contribution < -0.4 is 0 Å². The van der Waals surface area contributed by atoms with Crippen LogP contribution in [0.4, 0.5) is 0 Å². The molecule has 3 aromatic rings. The Balaban J connectivity index is 2.02. The summed E-state index contributed by atoms with van der Waals surface area (Å²) in [6, 6.07) is 14.2. The third kappa shape index (κ3) is 2.49. The van der Waals surface area contributed by atoms with Crippen molar-refractivity contribution in [2.24, 2.45) is 7.05 Å². The SMILES string of the molecule is Cc1ccc(C2=C(c3nc(C#N)cn3C)c3cc(O)cc(C)c3C2)cc1. The number of imidazole rings is 1. The second-order valence-corrected chi connectivity index (χ2v) is 6.86. The second-order valence-electron chi connectivity index (χ2n) is 6.86. The summed E-state index contributed by atoms with van der Waals surface area (Å²) in [6.45, 7) is 4.09. The summed E-state index contributed by atoms with van der Waals surface area (Å²) in [5, 5.41) is 19.4. The second kappa shape index (κ2) is 5.89. The highest BCUT2D eigenvalue weighted by molar-refractivity contribution is 6.03. The zero-order valence-corrected chi connectivity index (χ0v) is 15.0. The van der Waals surface area contributed by atoms with E-state index in [0.29, 0.717) is 5.69 Å². The number of hydrogen-bond acceptors (Lipinski definition) is 3. The van der Waals surface area contributed by atoms with Crippen molar-refractivity contribution < 1.29 is 5.11 Å². The lowest BCUT2D eigenvalue weighted by Crippen LogP contribution is -1.99. The van der Waals surface area contributed by atoms with Gasteiger partial charge < -0.3 is 9.67 Å². The number of phenolic OH excluding ortho intramolecular Hbond substituents is 1. The molecule has 4 rings (SSSR count). The number of allylic oxidation sites excluding steroid dienone is 1. The summed E-state index contributed by atoms with van der Waals surface area (Å²) in [5.74, 6) is 1.000. The summed E-state index contributed by atoms with van der Waals surface area (Å²) in [4.78, 5) is 4.52. The van der Waals surface area contributed by atoms with Crippen LogP contribution in [0.5, 0.6) is 5.75 Å². The Bertz CT molecular complexity index is 1100. The van der Waals surface area contributed by atoms with Gasteiger partial charge in [0.1, 0.15) is 17.6 Å². The molecule has 0 atom stereocenters. The lowest BCUT2D eigenvalue weighted by molar-refractivity contribution is 0.474. The molecule has 0 radical (unpaired) electrons. The number of aromatic hydroxyl groups is 1. The van der Waals surface area contributed by atoms with Crippen molar-refractivity contribution in [3.8, 4) is 11.8 Å². The quantitative estimate of drug-likeness (QED) is 0.762. The molecule has 1 aliphatic rings. The minimum absolute atomic E-state index is 0.249. The van der Waals surface area contributed by atoms with Gasteiger partial charge in [-0.3, -0.25) is 0 Å². The molecular formula is C22H19N3O. The van der Waals surface area contributed by atoms with Gasteiger partial charge in [0.25, 0.3) is 0 Å². The summed E-state index contributed by atoms with van der Waals surface area (Å²) >= 11 is 0. The van der Waals surface area contributed by atoms with E-state index >= 15 is 0 Å². The highest BCUT2D eigenvalue weighted by Gasteiger charge is 2.28. The van der Waals surface area contributed by atoms with Gasteiger partial charge in [0.05, 0.1) is 0 Å². The molecule has 0 aliphatic heterocycles. The summed E-state index contributed by atoms with van der Waals surface area (Å²) in [6.07, 6.45) is 2.53. The fraction of sp³-hybridized carbons (Fsp3) is 0.182. The van der Waals surface area contributed by atoms with Crippen molar-refractivity contribution in [2.75, 3.05) is 0 Å². The summed E-state index contributed by atoms with van der Waals surface area (Å²) < 4.78 is 1.89. The maximum atomic E-state index is 10.2. The van der Waals surface area contributed by atoms with E-state index in [4.69, 9.17) is 0 Å². The molecule has 0 unspecified atom stereocenters. The molecule has 1 N–H and O–H groups in total. The minimum Gasteiger partial charge on any atom is -0.508 e. The van der Waals surface area contributed by atoms with Gasteiger partial charge in [-0.15, -0.1) is 0 Å².